The van der Waals surface area contributed by atoms with Crippen molar-refractivity contribution in [1.29, 1.82) is 0 Å². The van der Waals surface area contributed by atoms with E-state index in [1.165, 1.54) is 6.07 Å². The molecule has 134 valence electrons. The molecular weight excluding hydrogens is 338 g/mol. The predicted molar refractivity (Wildman–Crippen MR) is 95.9 cm³/mol. The standard InChI is InChI=1S/C17H17N5O4/c1-25-13-4-2-3-12(11-13)20-7-9-21(10-8-20)14-5-6-15(22(23)24)17-16(14)18-26-19-17/h2-6,11H,7-10H2,1H3. The molecule has 9 heteroatoms. The summed E-state index contributed by atoms with van der Waals surface area (Å²) in [5, 5.41) is 18.7. The molecule has 0 N–H and O–H groups in total. The fourth-order valence-electron chi connectivity index (χ4n) is 3.26. The Bertz CT molecular complexity index is 949. The smallest absolute Gasteiger partial charge is 0.300 e. The van der Waals surface area contributed by atoms with Gasteiger partial charge in [-0.25, -0.2) is 4.63 Å². The summed E-state index contributed by atoms with van der Waals surface area (Å²) in [5.41, 5.74) is 2.43. The first kappa shape index (κ1) is 16.1. The van der Waals surface area contributed by atoms with E-state index in [9.17, 15) is 10.1 Å². The maximum atomic E-state index is 11.1. The topological polar surface area (TPSA) is 97.8 Å². The van der Waals surface area contributed by atoms with Crippen LogP contribution in [0.5, 0.6) is 5.75 Å². The van der Waals surface area contributed by atoms with Crippen molar-refractivity contribution in [3.05, 3.63) is 46.5 Å². The first-order valence-corrected chi connectivity index (χ1v) is 8.21. The average Bonchev–Trinajstić information content (AvgIpc) is 3.17. The first-order chi connectivity index (χ1) is 12.7. The van der Waals surface area contributed by atoms with Crippen molar-refractivity contribution in [1.82, 2.24) is 10.3 Å². The maximum Gasteiger partial charge on any atom is 0.300 e. The molecule has 1 saturated heterocycles. The highest BCUT2D eigenvalue weighted by atomic mass is 16.6. The third-order valence-corrected chi connectivity index (χ3v) is 4.61. The largest absolute Gasteiger partial charge is 0.497 e. The minimum atomic E-state index is -0.475. The van der Waals surface area contributed by atoms with E-state index >= 15 is 0 Å². The number of nitro groups is 1. The highest BCUT2D eigenvalue weighted by Gasteiger charge is 2.25. The fourth-order valence-corrected chi connectivity index (χ4v) is 3.26. The number of non-ortho nitro benzene ring substituents is 1. The molecule has 1 aliphatic heterocycles. The third-order valence-electron chi connectivity index (χ3n) is 4.61. The zero-order valence-corrected chi connectivity index (χ0v) is 14.2. The van der Waals surface area contributed by atoms with E-state index in [0.717, 1.165) is 43.3 Å². The Hall–Kier alpha value is -3.36. The second-order valence-corrected chi connectivity index (χ2v) is 6.00. The Morgan fingerprint density at radius 1 is 1.08 bits per heavy atom. The van der Waals surface area contributed by atoms with Crippen molar-refractivity contribution < 1.29 is 14.3 Å². The van der Waals surface area contributed by atoms with Crippen molar-refractivity contribution in [2.24, 2.45) is 0 Å². The number of hydrogen-bond acceptors (Lipinski definition) is 8. The van der Waals surface area contributed by atoms with Crippen LogP contribution in [0.3, 0.4) is 0 Å². The van der Waals surface area contributed by atoms with E-state index in [4.69, 9.17) is 9.37 Å². The molecule has 1 aliphatic rings. The van der Waals surface area contributed by atoms with Crippen LogP contribution in [-0.4, -0.2) is 48.5 Å². The monoisotopic (exact) mass is 355 g/mol. The summed E-state index contributed by atoms with van der Waals surface area (Å²) in [6.45, 7) is 3.15. The van der Waals surface area contributed by atoms with E-state index in [0.29, 0.717) is 5.52 Å². The van der Waals surface area contributed by atoms with Crippen molar-refractivity contribution in [3.8, 4) is 5.75 Å². The van der Waals surface area contributed by atoms with E-state index in [2.05, 4.69) is 26.2 Å². The number of nitrogens with zero attached hydrogens (tertiary/aromatic N) is 5. The molecular formula is C17H17N5O4. The van der Waals surface area contributed by atoms with Crippen molar-refractivity contribution in [2.45, 2.75) is 0 Å². The van der Waals surface area contributed by atoms with Crippen molar-refractivity contribution in [2.75, 3.05) is 43.1 Å². The van der Waals surface area contributed by atoms with Crippen LogP contribution >= 0.6 is 0 Å². The summed E-state index contributed by atoms with van der Waals surface area (Å²) in [7, 11) is 1.66. The van der Waals surface area contributed by atoms with Crippen molar-refractivity contribution >= 4 is 28.1 Å². The molecule has 0 amide bonds. The molecule has 3 aromatic rings. The number of methoxy groups -OCH3 is 1. The van der Waals surface area contributed by atoms with Gasteiger partial charge >= 0.3 is 5.69 Å². The molecule has 0 radical (unpaired) electrons. The van der Waals surface area contributed by atoms with Crippen LogP contribution in [0.1, 0.15) is 0 Å². The summed E-state index contributed by atoms with van der Waals surface area (Å²) in [5.74, 6) is 0.829. The molecule has 0 aliphatic carbocycles. The van der Waals surface area contributed by atoms with Gasteiger partial charge in [-0.1, -0.05) is 6.07 Å². The molecule has 2 heterocycles. The lowest BCUT2D eigenvalue weighted by Crippen LogP contribution is -2.46. The Balaban J connectivity index is 1.55. The predicted octanol–water partition coefficient (Wildman–Crippen LogP) is 2.47. The number of anilines is 2. The van der Waals surface area contributed by atoms with Crippen LogP contribution in [0.25, 0.3) is 11.0 Å². The molecule has 2 aromatic carbocycles. The molecule has 0 bridgehead atoms. The van der Waals surface area contributed by atoms with Gasteiger partial charge in [0.15, 0.2) is 5.52 Å². The highest BCUT2D eigenvalue weighted by Crippen LogP contribution is 2.32. The van der Waals surface area contributed by atoms with Gasteiger partial charge in [0.2, 0.25) is 5.52 Å². The lowest BCUT2D eigenvalue weighted by molar-refractivity contribution is -0.383. The van der Waals surface area contributed by atoms with E-state index in [-0.39, 0.29) is 11.2 Å². The fraction of sp³-hybridized carbons (Fsp3) is 0.294. The van der Waals surface area contributed by atoms with E-state index < -0.39 is 4.92 Å². The molecule has 0 unspecified atom stereocenters. The third kappa shape index (κ3) is 2.77. The Kier molecular flexibility index (Phi) is 4.04. The van der Waals surface area contributed by atoms with Gasteiger partial charge in [0.25, 0.3) is 0 Å². The lowest BCUT2D eigenvalue weighted by Gasteiger charge is -2.37. The first-order valence-electron chi connectivity index (χ1n) is 8.21. The van der Waals surface area contributed by atoms with E-state index in [1.807, 2.05) is 18.2 Å². The number of aromatic nitrogens is 2. The highest BCUT2D eigenvalue weighted by molar-refractivity contribution is 5.93. The molecule has 0 saturated carbocycles. The number of rotatable bonds is 4. The quantitative estimate of drug-likeness (QED) is 0.520. The molecule has 26 heavy (non-hydrogen) atoms. The second kappa shape index (κ2) is 6.51. The van der Waals surface area contributed by atoms with E-state index in [1.54, 1.807) is 13.2 Å². The van der Waals surface area contributed by atoms with Gasteiger partial charge in [0, 0.05) is 44.0 Å². The lowest BCUT2D eigenvalue weighted by atomic mass is 10.2. The number of ether oxygens (including phenoxy) is 1. The summed E-state index contributed by atoms with van der Waals surface area (Å²) in [4.78, 5) is 15.1. The summed E-state index contributed by atoms with van der Waals surface area (Å²) < 4.78 is 10.0. The number of hydrogen-bond donors (Lipinski definition) is 0. The zero-order chi connectivity index (χ0) is 18.1. The second-order valence-electron chi connectivity index (χ2n) is 6.00. The number of benzene rings is 2. The molecule has 1 aromatic heterocycles. The number of piperazine rings is 1. The van der Waals surface area contributed by atoms with Crippen LogP contribution in [0, 0.1) is 10.1 Å². The SMILES string of the molecule is COc1cccc(N2CCN(c3ccc([N+](=O)[O-])c4nonc34)CC2)c1. The van der Waals surface area contributed by atoms with Gasteiger partial charge in [-0.15, -0.1) is 0 Å². The molecule has 0 atom stereocenters. The Labute approximate surface area is 148 Å². The summed E-state index contributed by atoms with van der Waals surface area (Å²) in [6, 6.07) is 11.1. The zero-order valence-electron chi connectivity index (χ0n) is 14.2. The van der Waals surface area contributed by atoms with Crippen LogP contribution in [0.2, 0.25) is 0 Å². The maximum absolute atomic E-state index is 11.1. The molecule has 1 fully saturated rings. The van der Waals surface area contributed by atoms with Crippen LogP contribution < -0.4 is 14.5 Å². The summed E-state index contributed by atoms with van der Waals surface area (Å²) in [6.07, 6.45) is 0. The van der Waals surface area contributed by atoms with Crippen LogP contribution in [0.15, 0.2) is 41.0 Å². The minimum Gasteiger partial charge on any atom is -0.497 e. The van der Waals surface area contributed by atoms with Gasteiger partial charge < -0.3 is 14.5 Å². The van der Waals surface area contributed by atoms with Gasteiger partial charge in [0.1, 0.15) is 5.75 Å². The van der Waals surface area contributed by atoms with Gasteiger partial charge in [-0.05, 0) is 28.5 Å². The Morgan fingerprint density at radius 3 is 2.54 bits per heavy atom. The Morgan fingerprint density at radius 2 is 1.81 bits per heavy atom. The molecule has 9 nitrogen and oxygen atoms in total. The van der Waals surface area contributed by atoms with Gasteiger partial charge in [-0.2, -0.15) is 0 Å². The minimum absolute atomic E-state index is 0.0972. The summed E-state index contributed by atoms with van der Waals surface area (Å²) >= 11 is 0. The van der Waals surface area contributed by atoms with Gasteiger partial charge in [-0.3, -0.25) is 10.1 Å². The van der Waals surface area contributed by atoms with Crippen molar-refractivity contribution in [3.63, 3.8) is 0 Å². The molecule has 4 rings (SSSR count). The van der Waals surface area contributed by atoms with Gasteiger partial charge in [0.05, 0.1) is 17.7 Å². The number of fused-ring (bicyclic) bond motifs is 1. The van der Waals surface area contributed by atoms with Crippen LogP contribution in [0.4, 0.5) is 17.1 Å². The van der Waals surface area contributed by atoms with Crippen LogP contribution in [-0.2, 0) is 0 Å². The average molecular weight is 355 g/mol. The normalized spacial score (nSPS) is 14.7. The number of nitro benzene ring substituents is 1. The molecule has 0 spiro atoms.